The van der Waals surface area contributed by atoms with Crippen LogP contribution in [0, 0.1) is 12.7 Å². The molecule has 2 aromatic carbocycles. The van der Waals surface area contributed by atoms with Crippen LogP contribution in [0.4, 0.5) is 10.1 Å². The zero-order chi connectivity index (χ0) is 21.2. The summed E-state index contributed by atoms with van der Waals surface area (Å²) in [5, 5.41) is 5.87. The zero-order valence-electron chi connectivity index (χ0n) is 17.2. The van der Waals surface area contributed by atoms with Gasteiger partial charge in [-0.2, -0.15) is 0 Å². The molecule has 152 valence electrons. The van der Waals surface area contributed by atoms with Crippen molar-refractivity contribution in [3.63, 3.8) is 0 Å². The van der Waals surface area contributed by atoms with Crippen LogP contribution in [0.15, 0.2) is 53.3 Å². The van der Waals surface area contributed by atoms with E-state index in [2.05, 4.69) is 31.2 Å². The second-order valence-electron chi connectivity index (χ2n) is 8.21. The Bertz CT molecular complexity index is 1060. The molecule has 5 nitrogen and oxygen atoms in total. The van der Waals surface area contributed by atoms with Crippen LogP contribution in [-0.2, 0) is 16.6 Å². The van der Waals surface area contributed by atoms with Crippen molar-refractivity contribution in [1.29, 1.82) is 0 Å². The van der Waals surface area contributed by atoms with Crippen molar-refractivity contribution < 1.29 is 9.18 Å². The number of nitrogens with zero attached hydrogens (tertiary/aromatic N) is 1. The van der Waals surface area contributed by atoms with Gasteiger partial charge in [-0.3, -0.25) is 14.7 Å². The summed E-state index contributed by atoms with van der Waals surface area (Å²) in [5.74, 6) is -0.514. The Labute approximate surface area is 169 Å². The molecule has 0 saturated carbocycles. The van der Waals surface area contributed by atoms with Gasteiger partial charge in [0.2, 0.25) is 5.91 Å². The van der Waals surface area contributed by atoms with E-state index in [9.17, 15) is 14.0 Å². The Hall–Kier alpha value is -3.15. The van der Waals surface area contributed by atoms with Gasteiger partial charge < -0.3 is 5.32 Å². The van der Waals surface area contributed by atoms with Gasteiger partial charge in [-0.1, -0.05) is 32.9 Å². The predicted molar refractivity (Wildman–Crippen MR) is 113 cm³/mol. The lowest BCUT2D eigenvalue weighted by Crippen LogP contribution is -2.19. The van der Waals surface area contributed by atoms with Gasteiger partial charge in [0, 0.05) is 23.4 Å². The maximum Gasteiger partial charge on any atom is 0.274 e. The van der Waals surface area contributed by atoms with Gasteiger partial charge in [-0.05, 0) is 60.7 Å². The standard InChI is InChI=1S/C23H26FN3O2/c1-15-20(22(29)27(26-15)19-11-7-17(24)8-12-19)13-14-21(28)25-18-9-5-16(6-10-18)23(2,3)4/h5-12,26H,13-14H2,1-4H3,(H,25,28). The largest absolute Gasteiger partial charge is 0.326 e. The van der Waals surface area contributed by atoms with E-state index in [-0.39, 0.29) is 29.1 Å². The third-order valence-electron chi connectivity index (χ3n) is 4.91. The molecule has 0 atom stereocenters. The second kappa shape index (κ2) is 8.07. The number of aromatic amines is 1. The van der Waals surface area contributed by atoms with E-state index < -0.39 is 0 Å². The van der Waals surface area contributed by atoms with Crippen LogP contribution in [0.25, 0.3) is 5.69 Å². The molecular formula is C23H26FN3O2. The Balaban J connectivity index is 1.66. The summed E-state index contributed by atoms with van der Waals surface area (Å²) < 4.78 is 14.5. The molecule has 1 aromatic heterocycles. The molecule has 6 heteroatoms. The number of halogens is 1. The van der Waals surface area contributed by atoms with Crippen molar-refractivity contribution >= 4 is 11.6 Å². The molecule has 0 bridgehead atoms. The smallest absolute Gasteiger partial charge is 0.274 e. The number of anilines is 1. The topological polar surface area (TPSA) is 66.9 Å². The highest BCUT2D eigenvalue weighted by Crippen LogP contribution is 2.23. The predicted octanol–water partition coefficient (Wildman–Crippen LogP) is 4.48. The van der Waals surface area contributed by atoms with Gasteiger partial charge in [0.15, 0.2) is 0 Å². The number of hydrogen-bond acceptors (Lipinski definition) is 2. The quantitative estimate of drug-likeness (QED) is 0.669. The third-order valence-corrected chi connectivity index (χ3v) is 4.91. The number of carbonyl (C=O) groups excluding carboxylic acids is 1. The summed E-state index contributed by atoms with van der Waals surface area (Å²) in [4.78, 5) is 25.0. The molecule has 0 unspecified atom stereocenters. The molecule has 0 aliphatic carbocycles. The fourth-order valence-corrected chi connectivity index (χ4v) is 3.16. The van der Waals surface area contributed by atoms with Gasteiger partial charge in [0.05, 0.1) is 5.69 Å². The summed E-state index contributed by atoms with van der Waals surface area (Å²) >= 11 is 0. The lowest BCUT2D eigenvalue weighted by Gasteiger charge is -2.19. The minimum atomic E-state index is -0.363. The fraction of sp³-hybridized carbons (Fsp3) is 0.304. The first-order chi connectivity index (χ1) is 13.6. The summed E-state index contributed by atoms with van der Waals surface area (Å²) in [7, 11) is 0. The minimum absolute atomic E-state index is 0.0543. The van der Waals surface area contributed by atoms with E-state index in [1.165, 1.54) is 34.5 Å². The van der Waals surface area contributed by atoms with E-state index >= 15 is 0 Å². The first-order valence-electron chi connectivity index (χ1n) is 9.62. The molecule has 1 heterocycles. The molecule has 29 heavy (non-hydrogen) atoms. The first kappa shape index (κ1) is 20.6. The average Bonchev–Trinajstić information content (AvgIpc) is 2.94. The summed E-state index contributed by atoms with van der Waals surface area (Å²) in [6.45, 7) is 8.20. The van der Waals surface area contributed by atoms with Crippen molar-refractivity contribution in [1.82, 2.24) is 9.78 Å². The van der Waals surface area contributed by atoms with Gasteiger partial charge in [-0.15, -0.1) is 0 Å². The van der Waals surface area contributed by atoms with Crippen molar-refractivity contribution in [3.8, 4) is 5.69 Å². The van der Waals surface area contributed by atoms with E-state index in [1.807, 2.05) is 24.3 Å². The number of amides is 1. The normalized spacial score (nSPS) is 11.5. The molecule has 0 aliphatic heterocycles. The lowest BCUT2D eigenvalue weighted by atomic mass is 9.87. The second-order valence-corrected chi connectivity index (χ2v) is 8.21. The molecule has 3 aromatic rings. The summed E-state index contributed by atoms with van der Waals surface area (Å²) in [6.07, 6.45) is 0.514. The molecular weight excluding hydrogens is 369 g/mol. The number of hydrogen-bond donors (Lipinski definition) is 2. The Morgan fingerprint density at radius 1 is 1.07 bits per heavy atom. The maximum absolute atomic E-state index is 13.1. The van der Waals surface area contributed by atoms with Crippen LogP contribution < -0.4 is 10.9 Å². The highest BCUT2D eigenvalue weighted by atomic mass is 19.1. The maximum atomic E-state index is 13.1. The molecule has 1 amide bonds. The van der Waals surface area contributed by atoms with E-state index in [1.54, 1.807) is 6.92 Å². The number of nitrogens with one attached hydrogen (secondary N) is 2. The zero-order valence-corrected chi connectivity index (χ0v) is 17.2. The van der Waals surface area contributed by atoms with Gasteiger partial charge in [0.1, 0.15) is 5.82 Å². The third kappa shape index (κ3) is 4.83. The summed E-state index contributed by atoms with van der Waals surface area (Å²) in [6, 6.07) is 13.5. The van der Waals surface area contributed by atoms with Gasteiger partial charge >= 0.3 is 0 Å². The summed E-state index contributed by atoms with van der Waals surface area (Å²) in [5.41, 5.74) is 3.55. The molecule has 0 radical (unpaired) electrons. The van der Waals surface area contributed by atoms with Crippen molar-refractivity contribution in [2.45, 2.75) is 46.0 Å². The fourth-order valence-electron chi connectivity index (χ4n) is 3.16. The van der Waals surface area contributed by atoms with Gasteiger partial charge in [0.25, 0.3) is 5.56 Å². The monoisotopic (exact) mass is 395 g/mol. The Kier molecular flexibility index (Phi) is 5.73. The molecule has 2 N–H and O–H groups in total. The molecule has 0 spiro atoms. The highest BCUT2D eigenvalue weighted by molar-refractivity contribution is 5.90. The number of aryl methyl sites for hydroxylation is 1. The van der Waals surface area contributed by atoms with Crippen LogP contribution >= 0.6 is 0 Å². The van der Waals surface area contributed by atoms with Crippen LogP contribution in [0.1, 0.15) is 44.0 Å². The number of rotatable bonds is 5. The van der Waals surface area contributed by atoms with Crippen molar-refractivity contribution in [3.05, 3.63) is 81.5 Å². The SMILES string of the molecule is Cc1[nH]n(-c2ccc(F)cc2)c(=O)c1CCC(=O)Nc1ccc(C(C)(C)C)cc1. The Morgan fingerprint density at radius 2 is 1.69 bits per heavy atom. The molecule has 0 fully saturated rings. The molecule has 0 saturated heterocycles. The lowest BCUT2D eigenvalue weighted by molar-refractivity contribution is -0.116. The molecule has 0 aliphatic rings. The average molecular weight is 395 g/mol. The minimum Gasteiger partial charge on any atom is -0.326 e. The number of benzene rings is 2. The number of carbonyl (C=O) groups is 1. The van der Waals surface area contributed by atoms with Crippen LogP contribution in [-0.4, -0.2) is 15.7 Å². The first-order valence-corrected chi connectivity index (χ1v) is 9.62. The van der Waals surface area contributed by atoms with Crippen LogP contribution in [0.3, 0.4) is 0 Å². The van der Waals surface area contributed by atoms with Crippen LogP contribution in [0.5, 0.6) is 0 Å². The van der Waals surface area contributed by atoms with Crippen LogP contribution in [0.2, 0.25) is 0 Å². The van der Waals surface area contributed by atoms with Crippen molar-refractivity contribution in [2.75, 3.05) is 5.32 Å². The Morgan fingerprint density at radius 3 is 2.28 bits per heavy atom. The van der Waals surface area contributed by atoms with E-state index in [0.717, 1.165) is 5.69 Å². The van der Waals surface area contributed by atoms with E-state index in [4.69, 9.17) is 0 Å². The van der Waals surface area contributed by atoms with Crippen molar-refractivity contribution in [2.24, 2.45) is 0 Å². The number of H-pyrrole nitrogens is 1. The van der Waals surface area contributed by atoms with E-state index in [0.29, 0.717) is 23.4 Å². The van der Waals surface area contributed by atoms with Gasteiger partial charge in [-0.25, -0.2) is 9.07 Å². The number of aromatic nitrogens is 2. The molecule has 3 rings (SSSR count). The highest BCUT2D eigenvalue weighted by Gasteiger charge is 2.15.